The van der Waals surface area contributed by atoms with Crippen LogP contribution in [0, 0.1) is 11.3 Å². The molecule has 0 bridgehead atoms. The summed E-state index contributed by atoms with van der Waals surface area (Å²) in [5.74, 6) is -2.34. The molecule has 41 heavy (non-hydrogen) atoms. The number of nitriles is 1. The number of halogens is 4. The number of aliphatic carboxylic acids is 1. The van der Waals surface area contributed by atoms with Gasteiger partial charge >= 0.3 is 12.1 Å². The minimum atomic E-state index is -5.08. The van der Waals surface area contributed by atoms with Crippen LogP contribution in [-0.2, 0) is 4.79 Å². The van der Waals surface area contributed by atoms with Gasteiger partial charge in [0.2, 0.25) is 5.82 Å². The minimum absolute atomic E-state index is 0.0802. The summed E-state index contributed by atoms with van der Waals surface area (Å²) in [5.41, 5.74) is 4.82. The highest BCUT2D eigenvalue weighted by molar-refractivity contribution is 9.10. The Labute approximate surface area is 245 Å². The van der Waals surface area contributed by atoms with E-state index in [4.69, 9.17) is 9.90 Å². The number of nitrogens with one attached hydrogen (secondary N) is 1. The average Bonchev–Trinajstić information content (AvgIpc) is 2.97. The summed E-state index contributed by atoms with van der Waals surface area (Å²) >= 11 is 3.50. The molecular formula is C27H33BrF3N7O3. The third kappa shape index (κ3) is 9.29. The predicted molar refractivity (Wildman–Crippen MR) is 150 cm³/mol. The second-order valence-electron chi connectivity index (χ2n) is 9.76. The summed E-state index contributed by atoms with van der Waals surface area (Å²) in [6, 6.07) is 9.95. The van der Waals surface area contributed by atoms with Crippen LogP contribution in [0.1, 0.15) is 61.6 Å². The SMILES string of the molecule is CCCN1CCN(c2ccc(C(=O)NN(c3nc(C#N)ncc3Br)C3CCCCC3)cc2)CC1.O=C(O)C(F)(F)F. The number of hydrazine groups is 1. The lowest BCUT2D eigenvalue weighted by Crippen LogP contribution is -2.50. The molecule has 1 amide bonds. The molecule has 2 N–H and O–H groups in total. The lowest BCUT2D eigenvalue weighted by molar-refractivity contribution is -0.192. The number of hydrogen-bond acceptors (Lipinski definition) is 8. The Balaban J connectivity index is 0.000000587. The van der Waals surface area contributed by atoms with Crippen LogP contribution in [0.2, 0.25) is 0 Å². The molecule has 1 aromatic heterocycles. The molecule has 14 heteroatoms. The maximum Gasteiger partial charge on any atom is 0.490 e. The molecular weight excluding hydrogens is 607 g/mol. The van der Waals surface area contributed by atoms with Gasteiger partial charge in [-0.15, -0.1) is 0 Å². The van der Waals surface area contributed by atoms with Crippen LogP contribution in [0.15, 0.2) is 34.9 Å². The highest BCUT2D eigenvalue weighted by atomic mass is 79.9. The molecule has 2 heterocycles. The second kappa shape index (κ2) is 15.0. The monoisotopic (exact) mass is 639 g/mol. The molecule has 1 aromatic carbocycles. The van der Waals surface area contributed by atoms with Gasteiger partial charge < -0.3 is 10.0 Å². The molecule has 2 aliphatic rings. The largest absolute Gasteiger partial charge is 0.490 e. The lowest BCUT2D eigenvalue weighted by Gasteiger charge is -2.36. The maximum atomic E-state index is 13.2. The number of rotatable bonds is 7. The Morgan fingerprint density at radius 1 is 1.15 bits per heavy atom. The van der Waals surface area contributed by atoms with Gasteiger partial charge in [0.25, 0.3) is 5.91 Å². The van der Waals surface area contributed by atoms with Gasteiger partial charge in [-0.2, -0.15) is 23.4 Å². The third-order valence-corrected chi connectivity index (χ3v) is 7.42. The second-order valence-corrected chi connectivity index (χ2v) is 10.6. The number of nitrogens with zero attached hydrogens (tertiary/aromatic N) is 6. The zero-order valence-corrected chi connectivity index (χ0v) is 24.3. The van der Waals surface area contributed by atoms with Crippen molar-refractivity contribution in [1.82, 2.24) is 20.3 Å². The first-order chi connectivity index (χ1) is 19.5. The van der Waals surface area contributed by atoms with Crippen molar-refractivity contribution in [1.29, 1.82) is 5.26 Å². The number of benzene rings is 1. The topological polar surface area (TPSA) is 126 Å². The zero-order chi connectivity index (χ0) is 30.0. The number of carboxylic acids is 1. The molecule has 1 saturated carbocycles. The van der Waals surface area contributed by atoms with Crippen molar-refractivity contribution >= 4 is 39.3 Å². The fraction of sp³-hybridized carbons (Fsp3) is 0.519. The Morgan fingerprint density at radius 3 is 2.29 bits per heavy atom. The summed E-state index contributed by atoms with van der Waals surface area (Å²) in [7, 11) is 0. The number of hydrogen-bond donors (Lipinski definition) is 2. The van der Waals surface area contributed by atoms with Gasteiger partial charge in [0.1, 0.15) is 6.07 Å². The van der Waals surface area contributed by atoms with Crippen molar-refractivity contribution in [2.75, 3.05) is 42.6 Å². The Hall–Kier alpha value is -3.44. The molecule has 10 nitrogen and oxygen atoms in total. The predicted octanol–water partition coefficient (Wildman–Crippen LogP) is 4.76. The summed E-state index contributed by atoms with van der Waals surface area (Å²) < 4.78 is 32.4. The molecule has 222 valence electrons. The van der Waals surface area contributed by atoms with E-state index in [0.29, 0.717) is 15.9 Å². The van der Waals surface area contributed by atoms with E-state index in [1.54, 1.807) is 6.20 Å². The van der Waals surface area contributed by atoms with Crippen molar-refractivity contribution in [2.45, 2.75) is 57.7 Å². The number of carbonyl (C=O) groups is 2. The van der Waals surface area contributed by atoms with Gasteiger partial charge in [0, 0.05) is 43.6 Å². The Bertz CT molecular complexity index is 1210. The Kier molecular flexibility index (Phi) is 11.7. The van der Waals surface area contributed by atoms with Gasteiger partial charge in [0.15, 0.2) is 5.82 Å². The number of carbonyl (C=O) groups excluding carboxylic acids is 1. The summed E-state index contributed by atoms with van der Waals surface area (Å²) in [4.78, 5) is 35.4. The van der Waals surface area contributed by atoms with Crippen molar-refractivity contribution in [3.63, 3.8) is 0 Å². The molecule has 1 saturated heterocycles. The van der Waals surface area contributed by atoms with Gasteiger partial charge in [-0.25, -0.2) is 9.78 Å². The van der Waals surface area contributed by atoms with Crippen LogP contribution in [0.4, 0.5) is 24.7 Å². The Morgan fingerprint density at radius 2 is 1.76 bits per heavy atom. The molecule has 0 unspecified atom stereocenters. The van der Waals surface area contributed by atoms with E-state index in [0.717, 1.165) is 64.1 Å². The summed E-state index contributed by atoms with van der Waals surface area (Å²) in [6.45, 7) is 7.53. The lowest BCUT2D eigenvalue weighted by atomic mass is 9.95. The van der Waals surface area contributed by atoms with Crippen LogP contribution in [0.3, 0.4) is 0 Å². The van der Waals surface area contributed by atoms with E-state index in [1.165, 1.54) is 12.8 Å². The highest BCUT2D eigenvalue weighted by Crippen LogP contribution is 2.30. The van der Waals surface area contributed by atoms with Crippen molar-refractivity contribution in [3.05, 3.63) is 46.3 Å². The maximum absolute atomic E-state index is 13.2. The molecule has 0 radical (unpaired) electrons. The third-order valence-electron chi connectivity index (χ3n) is 6.86. The number of anilines is 2. The van der Waals surface area contributed by atoms with Crippen LogP contribution in [0.25, 0.3) is 0 Å². The van der Waals surface area contributed by atoms with Crippen molar-refractivity contribution in [2.24, 2.45) is 0 Å². The van der Waals surface area contributed by atoms with Crippen LogP contribution in [-0.4, -0.2) is 76.8 Å². The number of piperazine rings is 1. The van der Waals surface area contributed by atoms with Gasteiger partial charge in [-0.1, -0.05) is 26.2 Å². The van der Waals surface area contributed by atoms with Crippen LogP contribution < -0.4 is 15.3 Å². The number of amides is 1. The zero-order valence-electron chi connectivity index (χ0n) is 22.7. The van der Waals surface area contributed by atoms with Crippen molar-refractivity contribution in [3.8, 4) is 6.07 Å². The van der Waals surface area contributed by atoms with E-state index in [-0.39, 0.29) is 17.8 Å². The first-order valence-electron chi connectivity index (χ1n) is 13.4. The molecule has 1 aliphatic carbocycles. The number of carboxylic acid groups (broad SMARTS) is 1. The van der Waals surface area contributed by atoms with E-state index in [2.05, 4.69) is 48.0 Å². The van der Waals surface area contributed by atoms with Gasteiger partial charge in [-0.3, -0.25) is 20.1 Å². The summed E-state index contributed by atoms with van der Waals surface area (Å²) in [5, 5.41) is 18.2. The smallest absolute Gasteiger partial charge is 0.475 e. The number of alkyl halides is 3. The van der Waals surface area contributed by atoms with E-state index in [1.807, 2.05) is 35.3 Å². The molecule has 0 spiro atoms. The van der Waals surface area contributed by atoms with E-state index in [9.17, 15) is 23.2 Å². The molecule has 2 aromatic rings. The fourth-order valence-corrected chi connectivity index (χ4v) is 5.16. The number of aromatic nitrogens is 2. The standard InChI is InChI=1S/C25H32BrN7O.C2HF3O2/c1-2-12-31-13-15-32(16-14-31)20-10-8-19(9-11-20)25(34)30-33(21-6-4-3-5-7-21)24-22(26)18-28-23(17-27)29-24;3-2(4,5)1(6)7/h8-11,18,21H,2-7,12-16H2,1H3,(H,30,34);(H,6,7). The first kappa shape index (κ1) is 32.1. The van der Waals surface area contributed by atoms with Crippen molar-refractivity contribution < 1.29 is 27.9 Å². The fourth-order valence-electron chi connectivity index (χ4n) is 4.78. The average molecular weight is 641 g/mol. The van der Waals surface area contributed by atoms with Gasteiger partial charge in [0.05, 0.1) is 10.5 Å². The van der Waals surface area contributed by atoms with E-state index < -0.39 is 12.1 Å². The molecule has 4 rings (SSSR count). The van der Waals surface area contributed by atoms with Crippen LogP contribution >= 0.6 is 15.9 Å². The van der Waals surface area contributed by atoms with E-state index >= 15 is 0 Å². The molecule has 1 aliphatic heterocycles. The quantitative estimate of drug-likeness (QED) is 0.412. The molecule has 0 atom stereocenters. The molecule has 2 fully saturated rings. The van der Waals surface area contributed by atoms with Crippen LogP contribution in [0.5, 0.6) is 0 Å². The van der Waals surface area contributed by atoms with Gasteiger partial charge in [-0.05, 0) is 66.0 Å². The normalized spacial score (nSPS) is 16.2. The minimum Gasteiger partial charge on any atom is -0.475 e. The summed E-state index contributed by atoms with van der Waals surface area (Å²) in [6.07, 6.45) is 2.99. The highest BCUT2D eigenvalue weighted by Gasteiger charge is 2.38. The first-order valence-corrected chi connectivity index (χ1v) is 14.2.